The van der Waals surface area contributed by atoms with Gasteiger partial charge in [-0.1, -0.05) is 20.8 Å². The first-order valence-corrected chi connectivity index (χ1v) is 10.8. The Kier molecular flexibility index (Phi) is 5.61. The van der Waals surface area contributed by atoms with Gasteiger partial charge in [0.1, 0.15) is 5.82 Å². The molecule has 3 aliphatic heterocycles. The fourth-order valence-electron chi connectivity index (χ4n) is 4.86. The summed E-state index contributed by atoms with van der Waals surface area (Å²) in [6.07, 6.45) is -1.25. The fraction of sp³-hybridized carbons (Fsp3) is 0.857. The molecule has 0 spiro atoms. The third-order valence-corrected chi connectivity index (χ3v) is 6.80. The molecule has 3 aliphatic rings. The van der Waals surface area contributed by atoms with Gasteiger partial charge in [0.05, 0.1) is 12.3 Å². The summed E-state index contributed by atoms with van der Waals surface area (Å²) in [4.78, 5) is 2.47. The minimum absolute atomic E-state index is 0.0169. The summed E-state index contributed by atoms with van der Waals surface area (Å²) >= 11 is 0. The smallest absolute Gasteiger partial charge is 0.381 e. The van der Waals surface area contributed by atoms with Gasteiger partial charge in [-0.15, -0.1) is 0 Å². The zero-order chi connectivity index (χ0) is 20.8. The van der Waals surface area contributed by atoms with Crippen LogP contribution in [-0.4, -0.2) is 59.7 Å². The number of halogens is 3. The van der Waals surface area contributed by atoms with Gasteiger partial charge in [-0.25, -0.2) is 4.68 Å². The number of rotatable bonds is 3. The van der Waals surface area contributed by atoms with Crippen LogP contribution in [0.5, 0.6) is 0 Å². The number of anilines is 1. The second-order valence-electron chi connectivity index (χ2n) is 10.1. The number of alkyl halides is 3. The van der Waals surface area contributed by atoms with E-state index in [9.17, 15) is 13.2 Å². The number of ether oxygens (including phenoxy) is 1. The largest absolute Gasteiger partial charge is 0.410 e. The van der Waals surface area contributed by atoms with Gasteiger partial charge in [-0.2, -0.15) is 18.3 Å². The first kappa shape index (κ1) is 21.0. The molecule has 1 unspecified atom stereocenters. The molecule has 5 nitrogen and oxygen atoms in total. The molecule has 2 fully saturated rings. The van der Waals surface area contributed by atoms with Gasteiger partial charge in [0.25, 0.3) is 0 Å². The van der Waals surface area contributed by atoms with Crippen molar-refractivity contribution in [3.63, 3.8) is 0 Å². The lowest BCUT2D eigenvalue weighted by Gasteiger charge is -2.39. The fourth-order valence-corrected chi connectivity index (χ4v) is 4.86. The van der Waals surface area contributed by atoms with Crippen molar-refractivity contribution in [2.24, 2.45) is 11.3 Å². The highest BCUT2D eigenvalue weighted by Crippen LogP contribution is 2.44. The van der Waals surface area contributed by atoms with Crippen molar-refractivity contribution in [3.8, 4) is 0 Å². The molecule has 1 aromatic rings. The molecule has 1 aromatic heterocycles. The first-order valence-electron chi connectivity index (χ1n) is 10.8. The summed E-state index contributed by atoms with van der Waals surface area (Å²) in [5.41, 5.74) is 0.550. The summed E-state index contributed by atoms with van der Waals surface area (Å²) in [6.45, 7) is 10.7. The van der Waals surface area contributed by atoms with Gasteiger partial charge in [-0.3, -0.25) is 0 Å². The minimum atomic E-state index is -4.30. The standard InChI is InChI=1S/C21H33F3N4O/c1-20(2,3)17-11-18(21(22,23)24)28-19(25-17)10-16(26-28)15-4-7-27(8-5-15)12-14-6-9-29-13-14/h10,14-15,17-18,25H,4-9,11-13H2,1-3H3/t14?,17-,18+/m0/s1. The predicted octanol–water partition coefficient (Wildman–Crippen LogP) is 4.43. The molecule has 8 heteroatoms. The summed E-state index contributed by atoms with van der Waals surface area (Å²) in [5, 5.41) is 7.79. The van der Waals surface area contributed by atoms with Crippen molar-refractivity contribution < 1.29 is 17.9 Å². The highest BCUT2D eigenvalue weighted by atomic mass is 19.4. The number of hydrogen-bond donors (Lipinski definition) is 1. The van der Waals surface area contributed by atoms with E-state index < -0.39 is 12.2 Å². The molecule has 164 valence electrons. The molecular weight excluding hydrogens is 381 g/mol. The summed E-state index contributed by atoms with van der Waals surface area (Å²) in [7, 11) is 0. The molecule has 29 heavy (non-hydrogen) atoms. The molecule has 2 saturated heterocycles. The number of hydrogen-bond acceptors (Lipinski definition) is 4. The van der Waals surface area contributed by atoms with Gasteiger partial charge in [0.2, 0.25) is 0 Å². The van der Waals surface area contributed by atoms with Gasteiger partial charge < -0.3 is 15.0 Å². The summed E-state index contributed by atoms with van der Waals surface area (Å²) < 4.78 is 48.0. The molecule has 0 bridgehead atoms. The number of likely N-dealkylation sites (tertiary alicyclic amines) is 1. The van der Waals surface area contributed by atoms with Crippen molar-refractivity contribution in [3.05, 3.63) is 11.8 Å². The van der Waals surface area contributed by atoms with Crippen LogP contribution < -0.4 is 5.32 Å². The van der Waals surface area contributed by atoms with E-state index in [0.29, 0.717) is 11.7 Å². The van der Waals surface area contributed by atoms with Gasteiger partial charge in [-0.05, 0) is 50.1 Å². The van der Waals surface area contributed by atoms with Gasteiger partial charge in [0, 0.05) is 31.2 Å². The molecule has 3 atom stereocenters. The zero-order valence-corrected chi connectivity index (χ0v) is 17.6. The van der Waals surface area contributed by atoms with Gasteiger partial charge >= 0.3 is 6.18 Å². The van der Waals surface area contributed by atoms with E-state index in [1.54, 1.807) is 0 Å². The first-order chi connectivity index (χ1) is 13.6. The van der Waals surface area contributed by atoms with Crippen LogP contribution >= 0.6 is 0 Å². The SMILES string of the molecule is CC(C)(C)[C@@H]1C[C@H](C(F)(F)F)n2nc(C3CCN(CC4CCOC4)CC3)cc2N1. The number of piperidine rings is 1. The Morgan fingerprint density at radius 2 is 1.90 bits per heavy atom. The van der Waals surface area contributed by atoms with E-state index in [1.165, 1.54) is 4.68 Å². The maximum Gasteiger partial charge on any atom is 0.410 e. The lowest BCUT2D eigenvalue weighted by Crippen LogP contribution is -2.44. The third-order valence-electron chi connectivity index (χ3n) is 6.80. The Balaban J connectivity index is 1.46. The lowest BCUT2D eigenvalue weighted by molar-refractivity contribution is -0.175. The van der Waals surface area contributed by atoms with E-state index in [1.807, 2.05) is 26.8 Å². The van der Waals surface area contributed by atoms with E-state index in [0.717, 1.165) is 57.8 Å². The van der Waals surface area contributed by atoms with Crippen molar-refractivity contribution >= 4 is 5.82 Å². The molecule has 1 N–H and O–H groups in total. The maximum atomic E-state index is 13.8. The van der Waals surface area contributed by atoms with Crippen LogP contribution in [-0.2, 0) is 4.74 Å². The average Bonchev–Trinajstić information content (AvgIpc) is 3.29. The number of aromatic nitrogens is 2. The second-order valence-corrected chi connectivity index (χ2v) is 10.1. The molecule has 0 aromatic carbocycles. The third kappa shape index (κ3) is 4.58. The molecule has 4 rings (SSSR count). The Bertz CT molecular complexity index is 698. The van der Waals surface area contributed by atoms with Crippen LogP contribution in [0, 0.1) is 11.3 Å². The minimum Gasteiger partial charge on any atom is -0.381 e. The van der Waals surface area contributed by atoms with Crippen LogP contribution in [0.25, 0.3) is 0 Å². The normalized spacial score (nSPS) is 29.7. The Labute approximate surface area is 171 Å². The monoisotopic (exact) mass is 414 g/mol. The lowest BCUT2D eigenvalue weighted by atomic mass is 9.82. The summed E-state index contributed by atoms with van der Waals surface area (Å²) in [5.74, 6) is 1.37. The van der Waals surface area contributed by atoms with E-state index >= 15 is 0 Å². The second kappa shape index (κ2) is 7.76. The topological polar surface area (TPSA) is 42.3 Å². The Morgan fingerprint density at radius 3 is 2.48 bits per heavy atom. The van der Waals surface area contributed by atoms with Crippen LogP contribution in [0.4, 0.5) is 19.0 Å². The highest BCUT2D eigenvalue weighted by molar-refractivity contribution is 5.42. The molecule has 0 saturated carbocycles. The van der Waals surface area contributed by atoms with Crippen LogP contribution in [0.3, 0.4) is 0 Å². The van der Waals surface area contributed by atoms with E-state index in [-0.39, 0.29) is 23.8 Å². The number of nitrogens with zero attached hydrogens (tertiary/aromatic N) is 3. The summed E-state index contributed by atoms with van der Waals surface area (Å²) in [6, 6.07) is 0.0720. The highest BCUT2D eigenvalue weighted by Gasteiger charge is 2.48. The molecule has 0 aliphatic carbocycles. The Hall–Kier alpha value is -1.28. The molecule has 0 amide bonds. The van der Waals surface area contributed by atoms with Crippen LogP contribution in [0.15, 0.2) is 6.07 Å². The van der Waals surface area contributed by atoms with Gasteiger partial charge in [0.15, 0.2) is 6.04 Å². The van der Waals surface area contributed by atoms with Crippen LogP contribution in [0.2, 0.25) is 0 Å². The molecule has 0 radical (unpaired) electrons. The maximum absolute atomic E-state index is 13.8. The van der Waals surface area contributed by atoms with Crippen molar-refractivity contribution in [1.82, 2.24) is 14.7 Å². The van der Waals surface area contributed by atoms with Crippen molar-refractivity contribution in [2.45, 2.75) is 70.6 Å². The quantitative estimate of drug-likeness (QED) is 0.795. The molecule has 4 heterocycles. The Morgan fingerprint density at radius 1 is 1.17 bits per heavy atom. The van der Waals surface area contributed by atoms with Crippen molar-refractivity contribution in [1.29, 1.82) is 0 Å². The average molecular weight is 415 g/mol. The van der Waals surface area contributed by atoms with E-state index in [2.05, 4.69) is 15.3 Å². The zero-order valence-electron chi connectivity index (χ0n) is 17.6. The predicted molar refractivity (Wildman–Crippen MR) is 106 cm³/mol. The van der Waals surface area contributed by atoms with Crippen LogP contribution in [0.1, 0.15) is 64.1 Å². The van der Waals surface area contributed by atoms with E-state index in [4.69, 9.17) is 4.74 Å². The van der Waals surface area contributed by atoms with Crippen molar-refractivity contribution in [2.75, 3.05) is 38.2 Å². The molecular formula is C21H33F3N4O. The number of nitrogens with one attached hydrogen (secondary N) is 1. The number of fused-ring (bicyclic) bond motifs is 1.